The van der Waals surface area contributed by atoms with Crippen LogP contribution in [0.25, 0.3) is 0 Å². The van der Waals surface area contributed by atoms with Gasteiger partial charge in [-0.1, -0.05) is 13.8 Å². The van der Waals surface area contributed by atoms with E-state index in [1.165, 1.54) is 0 Å². The molecule has 5 nitrogen and oxygen atoms in total. The third kappa shape index (κ3) is 2.55. The molecule has 1 aliphatic rings. The van der Waals surface area contributed by atoms with Gasteiger partial charge in [-0.15, -0.1) is 5.10 Å². The predicted octanol–water partition coefficient (Wildman–Crippen LogP) is 2.29. The van der Waals surface area contributed by atoms with Gasteiger partial charge in [-0.05, 0) is 38.2 Å². The first-order valence-corrected chi connectivity index (χ1v) is 7.02. The zero-order chi connectivity index (χ0) is 14.0. The topological polar surface area (TPSA) is 66.3 Å². The van der Waals surface area contributed by atoms with Gasteiger partial charge in [0.25, 0.3) is 0 Å². The molecular formula is C14H21N3O2. The first-order chi connectivity index (χ1) is 9.13. The van der Waals surface area contributed by atoms with Crippen LogP contribution in [-0.2, 0) is 12.8 Å². The molecule has 0 saturated heterocycles. The number of carboxylic acids is 1. The van der Waals surface area contributed by atoms with Crippen molar-refractivity contribution in [3.63, 3.8) is 0 Å². The molecule has 0 aliphatic heterocycles. The van der Waals surface area contributed by atoms with Crippen LogP contribution in [-0.4, -0.2) is 33.9 Å². The Morgan fingerprint density at radius 1 is 1.26 bits per heavy atom. The smallest absolute Gasteiger partial charge is 0.339 e. The Hall–Kier alpha value is -1.65. The average Bonchev–Trinajstić information content (AvgIpc) is 3.23. The first kappa shape index (κ1) is 13.8. The van der Waals surface area contributed by atoms with Crippen molar-refractivity contribution in [2.24, 2.45) is 0 Å². The predicted molar refractivity (Wildman–Crippen MR) is 73.8 cm³/mol. The second-order valence-corrected chi connectivity index (χ2v) is 4.85. The van der Waals surface area contributed by atoms with Crippen molar-refractivity contribution in [3.05, 3.63) is 16.8 Å². The van der Waals surface area contributed by atoms with E-state index in [1.54, 1.807) is 0 Å². The summed E-state index contributed by atoms with van der Waals surface area (Å²) in [4.78, 5) is 13.7. The lowest BCUT2D eigenvalue weighted by Gasteiger charge is -2.24. The Labute approximate surface area is 113 Å². The van der Waals surface area contributed by atoms with E-state index < -0.39 is 5.97 Å². The Bertz CT molecular complexity index is 484. The molecule has 0 bridgehead atoms. The van der Waals surface area contributed by atoms with Crippen LogP contribution < -0.4 is 4.90 Å². The summed E-state index contributed by atoms with van der Waals surface area (Å²) in [6.07, 6.45) is 3.62. The van der Waals surface area contributed by atoms with E-state index in [9.17, 15) is 9.90 Å². The molecular weight excluding hydrogens is 242 g/mol. The van der Waals surface area contributed by atoms with E-state index in [0.29, 0.717) is 30.3 Å². The molecule has 1 fully saturated rings. The number of hydrogen-bond donors (Lipinski definition) is 1. The molecule has 1 aromatic heterocycles. The normalized spacial score (nSPS) is 14.5. The van der Waals surface area contributed by atoms with Crippen LogP contribution >= 0.6 is 0 Å². The van der Waals surface area contributed by atoms with Gasteiger partial charge in [0.05, 0.1) is 5.69 Å². The van der Waals surface area contributed by atoms with E-state index in [1.807, 2.05) is 20.8 Å². The van der Waals surface area contributed by atoms with Crippen LogP contribution in [0.1, 0.15) is 55.2 Å². The number of rotatable bonds is 6. The third-order valence-electron chi connectivity index (χ3n) is 3.64. The van der Waals surface area contributed by atoms with Gasteiger partial charge in [-0.2, -0.15) is 5.10 Å². The molecule has 104 valence electrons. The Morgan fingerprint density at radius 3 is 2.37 bits per heavy atom. The van der Waals surface area contributed by atoms with E-state index in [0.717, 1.165) is 30.6 Å². The maximum atomic E-state index is 11.6. The van der Waals surface area contributed by atoms with Gasteiger partial charge in [0.2, 0.25) is 0 Å². The minimum atomic E-state index is -0.893. The standard InChI is InChI=1S/C14H21N3O2/c1-4-10-11(5-2)15-16-13(12(10)14(18)19)17(6-3)9-7-8-9/h9H,4-8H2,1-3H3,(H,18,19). The first-order valence-electron chi connectivity index (χ1n) is 7.02. The van der Waals surface area contributed by atoms with Crippen LogP contribution in [0.4, 0.5) is 5.82 Å². The molecule has 0 atom stereocenters. The monoisotopic (exact) mass is 263 g/mol. The zero-order valence-corrected chi connectivity index (χ0v) is 11.8. The second kappa shape index (κ2) is 5.55. The van der Waals surface area contributed by atoms with Crippen molar-refractivity contribution in [2.45, 2.75) is 52.5 Å². The van der Waals surface area contributed by atoms with Gasteiger partial charge in [-0.3, -0.25) is 0 Å². The molecule has 5 heteroatoms. The molecule has 0 spiro atoms. The SMILES string of the molecule is CCc1nnc(N(CC)C2CC2)c(C(=O)O)c1CC. The van der Waals surface area contributed by atoms with E-state index >= 15 is 0 Å². The number of hydrogen-bond acceptors (Lipinski definition) is 4. The third-order valence-corrected chi connectivity index (χ3v) is 3.64. The lowest BCUT2D eigenvalue weighted by atomic mass is 10.0. The summed E-state index contributed by atoms with van der Waals surface area (Å²) in [5, 5.41) is 18.0. The van der Waals surface area contributed by atoms with Gasteiger partial charge in [0, 0.05) is 12.6 Å². The highest BCUT2D eigenvalue weighted by Gasteiger charge is 2.33. The van der Waals surface area contributed by atoms with Gasteiger partial charge in [0.15, 0.2) is 5.82 Å². The fraction of sp³-hybridized carbons (Fsp3) is 0.643. The van der Waals surface area contributed by atoms with Crippen LogP contribution in [0.2, 0.25) is 0 Å². The van der Waals surface area contributed by atoms with Crippen molar-refractivity contribution in [1.29, 1.82) is 0 Å². The van der Waals surface area contributed by atoms with E-state index in [-0.39, 0.29) is 0 Å². The fourth-order valence-corrected chi connectivity index (χ4v) is 2.56. The molecule has 1 N–H and O–H groups in total. The molecule has 1 aliphatic carbocycles. The summed E-state index contributed by atoms with van der Waals surface area (Å²) < 4.78 is 0. The zero-order valence-electron chi connectivity index (χ0n) is 11.8. The van der Waals surface area contributed by atoms with Crippen LogP contribution in [0.5, 0.6) is 0 Å². The number of aromatic carboxylic acids is 1. The molecule has 1 saturated carbocycles. The van der Waals surface area contributed by atoms with Crippen molar-refractivity contribution >= 4 is 11.8 Å². The Morgan fingerprint density at radius 2 is 1.95 bits per heavy atom. The molecule has 2 rings (SSSR count). The summed E-state index contributed by atoms with van der Waals surface area (Å²) in [6, 6.07) is 0.439. The molecule has 0 unspecified atom stereocenters. The van der Waals surface area contributed by atoms with Crippen LogP contribution in [0.3, 0.4) is 0 Å². The lowest BCUT2D eigenvalue weighted by Crippen LogP contribution is -2.29. The largest absolute Gasteiger partial charge is 0.478 e. The summed E-state index contributed by atoms with van der Waals surface area (Å²) in [5.74, 6) is -0.345. The Balaban J connectivity index is 2.56. The second-order valence-electron chi connectivity index (χ2n) is 4.85. The van der Waals surface area contributed by atoms with Gasteiger partial charge in [-0.25, -0.2) is 4.79 Å². The van der Waals surface area contributed by atoms with Crippen molar-refractivity contribution in [1.82, 2.24) is 10.2 Å². The highest BCUT2D eigenvalue weighted by atomic mass is 16.4. The average molecular weight is 263 g/mol. The molecule has 1 aromatic rings. The van der Waals surface area contributed by atoms with Crippen LogP contribution in [0, 0.1) is 0 Å². The lowest BCUT2D eigenvalue weighted by molar-refractivity contribution is 0.0695. The Kier molecular flexibility index (Phi) is 4.02. The van der Waals surface area contributed by atoms with E-state index in [2.05, 4.69) is 15.1 Å². The maximum Gasteiger partial charge on any atom is 0.339 e. The van der Waals surface area contributed by atoms with Crippen molar-refractivity contribution in [3.8, 4) is 0 Å². The molecule has 0 radical (unpaired) electrons. The number of carboxylic acid groups (broad SMARTS) is 1. The number of carbonyl (C=O) groups is 1. The quantitative estimate of drug-likeness (QED) is 0.853. The minimum Gasteiger partial charge on any atom is -0.478 e. The molecule has 1 heterocycles. The number of nitrogens with zero attached hydrogens (tertiary/aromatic N) is 3. The number of anilines is 1. The highest BCUT2D eigenvalue weighted by Crippen LogP contribution is 2.33. The molecule has 19 heavy (non-hydrogen) atoms. The molecule has 0 amide bonds. The van der Waals surface area contributed by atoms with Crippen molar-refractivity contribution in [2.75, 3.05) is 11.4 Å². The highest BCUT2D eigenvalue weighted by molar-refractivity contribution is 5.95. The summed E-state index contributed by atoms with van der Waals surface area (Å²) in [5.41, 5.74) is 1.98. The fourth-order valence-electron chi connectivity index (χ4n) is 2.56. The molecule has 0 aromatic carbocycles. The minimum absolute atomic E-state index is 0.350. The maximum absolute atomic E-state index is 11.6. The van der Waals surface area contributed by atoms with Gasteiger partial charge >= 0.3 is 5.97 Å². The van der Waals surface area contributed by atoms with E-state index in [4.69, 9.17) is 0 Å². The van der Waals surface area contributed by atoms with Gasteiger partial charge < -0.3 is 10.0 Å². The van der Waals surface area contributed by atoms with Gasteiger partial charge in [0.1, 0.15) is 5.56 Å². The number of aromatic nitrogens is 2. The summed E-state index contributed by atoms with van der Waals surface area (Å²) in [6.45, 7) is 6.76. The summed E-state index contributed by atoms with van der Waals surface area (Å²) >= 11 is 0. The number of aryl methyl sites for hydroxylation is 1. The van der Waals surface area contributed by atoms with Crippen LogP contribution in [0.15, 0.2) is 0 Å². The van der Waals surface area contributed by atoms with Crippen molar-refractivity contribution < 1.29 is 9.90 Å². The summed E-state index contributed by atoms with van der Waals surface area (Å²) in [7, 11) is 0.